The lowest BCUT2D eigenvalue weighted by molar-refractivity contribution is -0.192. The molecule has 1 aliphatic carbocycles. The van der Waals surface area contributed by atoms with Crippen molar-refractivity contribution in [1.29, 1.82) is 0 Å². The predicted molar refractivity (Wildman–Crippen MR) is 146 cm³/mol. The molecule has 1 heterocycles. The zero-order valence-electron chi connectivity index (χ0n) is 22.6. The van der Waals surface area contributed by atoms with Crippen LogP contribution in [-0.4, -0.2) is 66.9 Å². The number of anilines is 2. The third-order valence-electron chi connectivity index (χ3n) is 6.57. The number of halogens is 3. The molecule has 1 fully saturated rings. The highest BCUT2D eigenvalue weighted by Crippen LogP contribution is 2.28. The summed E-state index contributed by atoms with van der Waals surface area (Å²) in [6.45, 7) is 0.676. The van der Waals surface area contributed by atoms with Gasteiger partial charge in [-0.25, -0.2) is 9.78 Å². The van der Waals surface area contributed by atoms with Crippen LogP contribution in [0.15, 0.2) is 54.6 Å². The molecule has 0 radical (unpaired) electrons. The number of carboxylic acids is 1. The molecule has 40 heavy (non-hydrogen) atoms. The van der Waals surface area contributed by atoms with E-state index in [0.717, 1.165) is 48.0 Å². The maximum absolute atomic E-state index is 12.6. The summed E-state index contributed by atoms with van der Waals surface area (Å²) in [7, 11) is 5.58. The van der Waals surface area contributed by atoms with Crippen molar-refractivity contribution in [3.8, 4) is 0 Å². The molecular formula is C28H34F3N5O4. The molecule has 1 aliphatic rings. The summed E-state index contributed by atoms with van der Waals surface area (Å²) in [5.41, 5.74) is 1.82. The van der Waals surface area contributed by atoms with Crippen molar-refractivity contribution >= 4 is 34.5 Å². The van der Waals surface area contributed by atoms with Gasteiger partial charge in [-0.15, -0.1) is 0 Å². The predicted octanol–water partition coefficient (Wildman–Crippen LogP) is 4.80. The van der Waals surface area contributed by atoms with Gasteiger partial charge in [0.1, 0.15) is 5.82 Å². The van der Waals surface area contributed by atoms with E-state index in [-0.39, 0.29) is 5.91 Å². The Balaban J connectivity index is 0.000000559. The largest absolute Gasteiger partial charge is 0.490 e. The first-order valence-corrected chi connectivity index (χ1v) is 12.9. The molecule has 0 aliphatic heterocycles. The van der Waals surface area contributed by atoms with Crippen LogP contribution in [0.25, 0.3) is 10.9 Å². The molecule has 12 heteroatoms. The van der Waals surface area contributed by atoms with Crippen LogP contribution in [0.2, 0.25) is 0 Å². The smallest absolute Gasteiger partial charge is 0.475 e. The van der Waals surface area contributed by atoms with Crippen LogP contribution in [0.5, 0.6) is 0 Å². The van der Waals surface area contributed by atoms with Crippen molar-refractivity contribution in [3.05, 3.63) is 60.2 Å². The number of hydrogen-bond acceptors (Lipinski definition) is 7. The van der Waals surface area contributed by atoms with Gasteiger partial charge >= 0.3 is 12.1 Å². The first kappa shape index (κ1) is 30.6. The summed E-state index contributed by atoms with van der Waals surface area (Å²) in [4.78, 5) is 33.1. The second-order valence-corrected chi connectivity index (χ2v) is 9.72. The molecule has 1 amide bonds. The zero-order valence-corrected chi connectivity index (χ0v) is 22.6. The van der Waals surface area contributed by atoms with Gasteiger partial charge in [0.05, 0.1) is 5.52 Å². The second-order valence-electron chi connectivity index (χ2n) is 9.72. The lowest BCUT2D eigenvalue weighted by Gasteiger charge is -2.30. The Kier molecular flexibility index (Phi) is 10.7. The Morgan fingerprint density at radius 1 is 1.02 bits per heavy atom. The van der Waals surface area contributed by atoms with E-state index in [2.05, 4.69) is 16.7 Å². The Bertz CT molecular complexity index is 1270. The van der Waals surface area contributed by atoms with Crippen LogP contribution >= 0.6 is 0 Å². The number of aliphatic carboxylic acids is 1. The lowest BCUT2D eigenvalue weighted by atomic mass is 9.86. The van der Waals surface area contributed by atoms with Crippen molar-refractivity contribution in [2.24, 2.45) is 5.92 Å². The molecule has 9 nitrogen and oxygen atoms in total. The number of carbonyl (C=O) groups excluding carboxylic acids is 1. The molecule has 1 aromatic heterocycles. The van der Waals surface area contributed by atoms with Crippen LogP contribution in [-0.2, 0) is 14.3 Å². The van der Waals surface area contributed by atoms with Gasteiger partial charge in [0.15, 0.2) is 6.10 Å². The monoisotopic (exact) mass is 561 g/mol. The van der Waals surface area contributed by atoms with Gasteiger partial charge in [0, 0.05) is 39.2 Å². The number of alkyl halides is 3. The Labute approximate surface area is 230 Å². The van der Waals surface area contributed by atoms with Gasteiger partial charge in [-0.1, -0.05) is 42.5 Å². The van der Waals surface area contributed by atoms with E-state index in [0.29, 0.717) is 24.5 Å². The minimum atomic E-state index is -5.08. The highest BCUT2D eigenvalue weighted by atomic mass is 19.4. The van der Waals surface area contributed by atoms with Gasteiger partial charge in [0.25, 0.3) is 5.91 Å². The molecule has 216 valence electrons. The fraction of sp³-hybridized carbons (Fsp3) is 0.429. The molecule has 0 spiro atoms. The number of hydrogen-bond donors (Lipinski definition) is 3. The van der Waals surface area contributed by atoms with Crippen molar-refractivity contribution in [3.63, 3.8) is 0 Å². The fourth-order valence-corrected chi connectivity index (χ4v) is 4.52. The molecule has 0 saturated heterocycles. The van der Waals surface area contributed by atoms with E-state index in [1.165, 1.54) is 0 Å². The van der Waals surface area contributed by atoms with Crippen LogP contribution < -0.4 is 15.5 Å². The van der Waals surface area contributed by atoms with Crippen LogP contribution in [0.3, 0.4) is 0 Å². The van der Waals surface area contributed by atoms with Gasteiger partial charge in [-0.3, -0.25) is 4.79 Å². The van der Waals surface area contributed by atoms with Crippen molar-refractivity contribution < 1.29 is 32.6 Å². The van der Waals surface area contributed by atoms with Gasteiger partial charge < -0.3 is 25.4 Å². The van der Waals surface area contributed by atoms with E-state index in [4.69, 9.17) is 24.6 Å². The number of carboxylic acid groups (broad SMARTS) is 1. The number of nitrogens with one attached hydrogen (secondary N) is 2. The second kappa shape index (κ2) is 13.9. The molecule has 4 rings (SSSR count). The van der Waals surface area contributed by atoms with Gasteiger partial charge in [-0.2, -0.15) is 18.2 Å². The summed E-state index contributed by atoms with van der Waals surface area (Å²) in [5.74, 6) is -0.766. The minimum Gasteiger partial charge on any atom is -0.475 e. The molecular weight excluding hydrogens is 527 g/mol. The number of ether oxygens (including phenoxy) is 1. The quantitative estimate of drug-likeness (QED) is 0.359. The first-order chi connectivity index (χ1) is 19.0. The molecule has 3 aromatic rings. The topological polar surface area (TPSA) is 117 Å². The summed E-state index contributed by atoms with van der Waals surface area (Å²) in [5, 5.41) is 14.8. The number of para-hydroxylation sites is 1. The molecule has 1 atom stereocenters. The molecule has 1 saturated carbocycles. The van der Waals surface area contributed by atoms with Crippen molar-refractivity contribution in [2.75, 3.05) is 38.0 Å². The summed E-state index contributed by atoms with van der Waals surface area (Å²) < 4.78 is 37.2. The normalized spacial score (nSPS) is 17.8. The highest BCUT2D eigenvalue weighted by Gasteiger charge is 2.38. The highest BCUT2D eigenvalue weighted by molar-refractivity contribution is 5.90. The number of rotatable bonds is 8. The van der Waals surface area contributed by atoms with Crippen LogP contribution in [0, 0.1) is 5.92 Å². The third-order valence-corrected chi connectivity index (χ3v) is 6.57. The summed E-state index contributed by atoms with van der Waals surface area (Å²) in [6, 6.07) is 18.0. The number of benzene rings is 2. The fourth-order valence-electron chi connectivity index (χ4n) is 4.52. The van der Waals surface area contributed by atoms with E-state index in [9.17, 15) is 18.0 Å². The summed E-state index contributed by atoms with van der Waals surface area (Å²) in [6.07, 6.45) is -1.49. The standard InChI is InChI=1S/C26H33N5O2.C2HF3O2/c1-31(2)24-21-11-7-8-12-22(21)29-26(30-24)28-20-15-13-18(14-16-20)17-27-25(32)23(33-3)19-9-5-4-6-10-19;3-2(4,5)1(6)7/h4-12,18,20,23H,13-17H2,1-3H3,(H,27,32)(H,28,29,30);(H,6,7). The molecule has 3 N–H and O–H groups in total. The zero-order chi connectivity index (χ0) is 29.3. The number of aromatic nitrogens is 2. The van der Waals surface area contributed by atoms with Crippen molar-refractivity contribution in [2.45, 2.75) is 44.0 Å². The Morgan fingerprint density at radius 3 is 2.20 bits per heavy atom. The third kappa shape index (κ3) is 8.54. The number of nitrogens with zero attached hydrogens (tertiary/aromatic N) is 3. The number of methoxy groups -OCH3 is 1. The Hall–Kier alpha value is -3.93. The van der Waals surface area contributed by atoms with Crippen LogP contribution in [0.1, 0.15) is 37.4 Å². The molecule has 1 unspecified atom stereocenters. The first-order valence-electron chi connectivity index (χ1n) is 12.9. The van der Waals surface area contributed by atoms with Crippen LogP contribution in [0.4, 0.5) is 24.9 Å². The average Bonchev–Trinajstić information content (AvgIpc) is 2.93. The van der Waals surface area contributed by atoms with Crippen molar-refractivity contribution in [1.82, 2.24) is 15.3 Å². The maximum Gasteiger partial charge on any atom is 0.490 e. The van der Waals surface area contributed by atoms with E-state index in [1.54, 1.807) is 7.11 Å². The number of carbonyl (C=O) groups is 2. The van der Waals surface area contributed by atoms with E-state index < -0.39 is 18.2 Å². The Morgan fingerprint density at radius 2 is 1.62 bits per heavy atom. The van der Waals surface area contributed by atoms with Gasteiger partial charge in [-0.05, 0) is 49.3 Å². The number of amides is 1. The minimum absolute atomic E-state index is 0.0790. The molecule has 0 bridgehead atoms. The summed E-state index contributed by atoms with van der Waals surface area (Å²) >= 11 is 0. The molecule has 2 aromatic carbocycles. The van der Waals surface area contributed by atoms with E-state index >= 15 is 0 Å². The number of fused-ring (bicyclic) bond motifs is 1. The average molecular weight is 562 g/mol. The van der Waals surface area contributed by atoms with Gasteiger partial charge in [0.2, 0.25) is 5.95 Å². The maximum atomic E-state index is 12.6. The van der Waals surface area contributed by atoms with E-state index in [1.807, 2.05) is 67.5 Å². The SMILES string of the molecule is COC(C(=O)NCC1CCC(Nc2nc(N(C)C)c3ccccc3n2)CC1)c1ccccc1.O=C(O)C(F)(F)F. The lowest BCUT2D eigenvalue weighted by Crippen LogP contribution is -2.36.